The monoisotopic (exact) mass is 416 g/mol. The van der Waals surface area contributed by atoms with Crippen molar-refractivity contribution in [1.82, 2.24) is 4.98 Å². The summed E-state index contributed by atoms with van der Waals surface area (Å²) >= 11 is 1.71. The number of hydrogen-bond acceptors (Lipinski definition) is 3. The van der Waals surface area contributed by atoms with Crippen molar-refractivity contribution in [3.8, 4) is 10.6 Å². The summed E-state index contributed by atoms with van der Waals surface area (Å²) in [7, 11) is 0. The third-order valence-corrected chi connectivity index (χ3v) is 8.90. The number of aromatic nitrogens is 1. The molecule has 1 aromatic heterocycles. The first-order valence-electron chi connectivity index (χ1n) is 11.3. The minimum Gasteiger partial charge on any atom is -0.326 e. The number of thiazole rings is 1. The molecule has 0 atom stereocenters. The number of nitrogens with one attached hydrogen (secondary N) is 1. The van der Waals surface area contributed by atoms with Crippen LogP contribution in [0.15, 0.2) is 42.5 Å². The molecule has 7 rings (SSSR count). The molecule has 1 N–H and O–H groups in total. The fourth-order valence-corrected chi connectivity index (χ4v) is 8.08. The van der Waals surface area contributed by atoms with Gasteiger partial charge in [0, 0.05) is 17.7 Å². The molecule has 4 heteroatoms. The number of benzene rings is 2. The molecular weight excluding hydrogens is 388 g/mol. The van der Waals surface area contributed by atoms with E-state index in [4.69, 9.17) is 4.98 Å². The van der Waals surface area contributed by atoms with E-state index < -0.39 is 0 Å². The van der Waals surface area contributed by atoms with E-state index in [0.29, 0.717) is 6.42 Å². The molecule has 1 amide bonds. The Bertz CT molecular complexity index is 1060. The van der Waals surface area contributed by atoms with Gasteiger partial charge in [-0.05, 0) is 92.4 Å². The van der Waals surface area contributed by atoms with Gasteiger partial charge in [0.05, 0.1) is 10.2 Å². The highest BCUT2D eigenvalue weighted by Gasteiger charge is 2.51. The Morgan fingerprint density at radius 1 is 1.03 bits per heavy atom. The van der Waals surface area contributed by atoms with Crippen molar-refractivity contribution >= 4 is 33.1 Å². The summed E-state index contributed by atoms with van der Waals surface area (Å²) in [5.74, 6) is 2.84. The number of rotatable bonds is 4. The third kappa shape index (κ3) is 3.17. The standard InChI is InChI=1S/C26H28N2OS/c1-16-20(25-28-22-6-2-3-8-23(22)30-25)5-4-7-21(16)27-24(29)15-26-12-17-9-18(13-26)11-19(10-17)14-26/h2-8,17-19H,9-15H2,1H3,(H,27,29). The first-order valence-corrected chi connectivity index (χ1v) is 12.1. The molecule has 4 aliphatic rings. The van der Waals surface area contributed by atoms with Crippen LogP contribution in [0.4, 0.5) is 5.69 Å². The van der Waals surface area contributed by atoms with Gasteiger partial charge in [0.2, 0.25) is 5.91 Å². The van der Waals surface area contributed by atoms with Gasteiger partial charge in [-0.1, -0.05) is 24.3 Å². The van der Waals surface area contributed by atoms with Crippen molar-refractivity contribution in [3.05, 3.63) is 48.0 Å². The summed E-state index contributed by atoms with van der Waals surface area (Å²) in [5, 5.41) is 4.29. The summed E-state index contributed by atoms with van der Waals surface area (Å²) in [6.45, 7) is 2.10. The Morgan fingerprint density at radius 3 is 2.43 bits per heavy atom. The molecule has 30 heavy (non-hydrogen) atoms. The highest BCUT2D eigenvalue weighted by atomic mass is 32.1. The Labute approximate surface area is 181 Å². The molecule has 4 aliphatic carbocycles. The molecule has 3 nitrogen and oxygen atoms in total. The topological polar surface area (TPSA) is 42.0 Å². The molecule has 2 aromatic carbocycles. The van der Waals surface area contributed by atoms with Gasteiger partial charge in [0.15, 0.2) is 0 Å². The predicted octanol–water partition coefficient (Wildman–Crippen LogP) is 6.82. The Hall–Kier alpha value is -2.20. The smallest absolute Gasteiger partial charge is 0.224 e. The van der Waals surface area contributed by atoms with Crippen LogP contribution in [0.2, 0.25) is 0 Å². The molecule has 1 heterocycles. The maximum absolute atomic E-state index is 13.1. The lowest BCUT2D eigenvalue weighted by molar-refractivity contribution is -0.124. The highest BCUT2D eigenvalue weighted by molar-refractivity contribution is 7.21. The summed E-state index contributed by atoms with van der Waals surface area (Å²) < 4.78 is 1.20. The number of anilines is 1. The van der Waals surface area contributed by atoms with E-state index in [1.807, 2.05) is 18.2 Å². The number of amides is 1. The van der Waals surface area contributed by atoms with Crippen LogP contribution in [-0.4, -0.2) is 10.9 Å². The average molecular weight is 417 g/mol. The lowest BCUT2D eigenvalue weighted by Crippen LogP contribution is -2.47. The molecule has 0 aliphatic heterocycles. The molecule has 4 saturated carbocycles. The van der Waals surface area contributed by atoms with Crippen molar-refractivity contribution < 1.29 is 4.79 Å². The first-order chi connectivity index (χ1) is 14.6. The highest BCUT2D eigenvalue weighted by Crippen LogP contribution is 2.61. The van der Waals surface area contributed by atoms with Gasteiger partial charge >= 0.3 is 0 Å². The summed E-state index contributed by atoms with van der Waals surface area (Å²) in [6.07, 6.45) is 8.78. The number of para-hydroxylation sites is 1. The minimum absolute atomic E-state index is 0.196. The van der Waals surface area contributed by atoms with E-state index in [-0.39, 0.29) is 11.3 Å². The molecule has 4 bridgehead atoms. The summed E-state index contributed by atoms with van der Waals surface area (Å²) in [6, 6.07) is 14.4. The third-order valence-electron chi connectivity index (χ3n) is 7.83. The van der Waals surface area contributed by atoms with Crippen LogP contribution < -0.4 is 5.32 Å². The van der Waals surface area contributed by atoms with Crippen LogP contribution in [0.5, 0.6) is 0 Å². The van der Waals surface area contributed by atoms with E-state index in [0.717, 1.165) is 45.1 Å². The number of fused-ring (bicyclic) bond motifs is 1. The first kappa shape index (κ1) is 18.6. The van der Waals surface area contributed by atoms with Crippen LogP contribution >= 0.6 is 11.3 Å². The Morgan fingerprint density at radius 2 is 1.73 bits per heavy atom. The van der Waals surface area contributed by atoms with E-state index in [1.165, 1.54) is 43.2 Å². The predicted molar refractivity (Wildman–Crippen MR) is 124 cm³/mol. The van der Waals surface area contributed by atoms with Gasteiger partial charge in [0.25, 0.3) is 0 Å². The van der Waals surface area contributed by atoms with E-state index in [9.17, 15) is 4.79 Å². The zero-order chi connectivity index (χ0) is 20.3. The van der Waals surface area contributed by atoms with Gasteiger partial charge in [0.1, 0.15) is 5.01 Å². The van der Waals surface area contributed by atoms with Crippen LogP contribution in [0, 0.1) is 30.1 Å². The van der Waals surface area contributed by atoms with Crippen LogP contribution in [0.25, 0.3) is 20.8 Å². The van der Waals surface area contributed by atoms with E-state index >= 15 is 0 Å². The fraction of sp³-hybridized carbons (Fsp3) is 0.462. The maximum atomic E-state index is 13.1. The van der Waals surface area contributed by atoms with Gasteiger partial charge in [-0.3, -0.25) is 4.79 Å². The second-order valence-electron chi connectivity index (χ2n) is 10.1. The van der Waals surface area contributed by atoms with Gasteiger partial charge in [-0.25, -0.2) is 4.98 Å². The number of hydrogen-bond donors (Lipinski definition) is 1. The number of carbonyl (C=O) groups is 1. The van der Waals surface area contributed by atoms with Crippen LogP contribution in [0.1, 0.15) is 50.5 Å². The quantitative estimate of drug-likeness (QED) is 0.507. The minimum atomic E-state index is 0.196. The number of carbonyl (C=O) groups excluding carboxylic acids is 1. The van der Waals surface area contributed by atoms with Crippen molar-refractivity contribution in [2.75, 3.05) is 5.32 Å². The number of nitrogens with zero attached hydrogens (tertiary/aromatic N) is 1. The lowest BCUT2D eigenvalue weighted by atomic mass is 9.49. The van der Waals surface area contributed by atoms with Gasteiger partial charge in [-0.2, -0.15) is 0 Å². The maximum Gasteiger partial charge on any atom is 0.224 e. The van der Waals surface area contributed by atoms with Crippen molar-refractivity contribution in [2.45, 2.75) is 51.9 Å². The Kier molecular flexibility index (Phi) is 4.28. The van der Waals surface area contributed by atoms with E-state index in [1.54, 1.807) is 11.3 Å². The molecule has 154 valence electrons. The second kappa shape index (κ2) is 6.91. The normalized spacial score (nSPS) is 29.4. The molecule has 0 radical (unpaired) electrons. The zero-order valence-corrected chi connectivity index (χ0v) is 18.3. The Balaban J connectivity index is 1.23. The van der Waals surface area contributed by atoms with Gasteiger partial charge < -0.3 is 5.32 Å². The van der Waals surface area contributed by atoms with E-state index in [2.05, 4.69) is 36.5 Å². The van der Waals surface area contributed by atoms with Crippen molar-refractivity contribution in [1.29, 1.82) is 0 Å². The summed E-state index contributed by atoms with van der Waals surface area (Å²) in [4.78, 5) is 17.9. The lowest BCUT2D eigenvalue weighted by Gasteiger charge is -2.56. The summed E-state index contributed by atoms with van der Waals surface area (Å²) in [5.41, 5.74) is 4.46. The zero-order valence-electron chi connectivity index (χ0n) is 17.5. The second-order valence-corrected chi connectivity index (χ2v) is 11.1. The van der Waals surface area contributed by atoms with Gasteiger partial charge in [-0.15, -0.1) is 11.3 Å². The van der Waals surface area contributed by atoms with Crippen molar-refractivity contribution in [2.24, 2.45) is 23.2 Å². The average Bonchev–Trinajstić information content (AvgIpc) is 3.12. The fourth-order valence-electron chi connectivity index (χ4n) is 7.03. The van der Waals surface area contributed by atoms with Crippen LogP contribution in [-0.2, 0) is 4.79 Å². The van der Waals surface area contributed by atoms with Crippen molar-refractivity contribution in [3.63, 3.8) is 0 Å². The molecule has 0 saturated heterocycles. The molecule has 0 unspecified atom stereocenters. The molecule has 3 aromatic rings. The molecule has 4 fully saturated rings. The molecule has 0 spiro atoms. The SMILES string of the molecule is Cc1c(NC(=O)CC23CC4CC(CC(C4)C2)C3)cccc1-c1nc2ccccc2s1. The largest absolute Gasteiger partial charge is 0.326 e. The molecular formula is C26H28N2OS. The van der Waals surface area contributed by atoms with Crippen LogP contribution in [0.3, 0.4) is 0 Å².